The quantitative estimate of drug-likeness (QED) is 0.436. The van der Waals surface area contributed by atoms with Gasteiger partial charge in [-0.2, -0.15) is 4.31 Å². The molecule has 2 saturated heterocycles. The lowest BCUT2D eigenvalue weighted by Crippen LogP contribution is -2.46. The Kier molecular flexibility index (Phi) is 7.97. The Morgan fingerprint density at radius 1 is 0.882 bits per heavy atom. The molecule has 2 fully saturated rings. The van der Waals surface area contributed by atoms with Crippen LogP contribution in [-0.4, -0.2) is 68.4 Å². The van der Waals surface area contributed by atoms with E-state index in [-0.39, 0.29) is 10.6 Å². The minimum Gasteiger partial charge on any atom is -0.363 e. The molecule has 0 aliphatic carbocycles. The second-order valence-corrected chi connectivity index (χ2v) is 10.8. The van der Waals surface area contributed by atoms with Crippen molar-refractivity contribution in [1.82, 2.24) is 9.21 Å². The van der Waals surface area contributed by atoms with Crippen molar-refractivity contribution in [2.24, 2.45) is 0 Å². The number of anilines is 1. The van der Waals surface area contributed by atoms with Crippen LogP contribution in [0.25, 0.3) is 6.08 Å². The van der Waals surface area contributed by atoms with E-state index in [0.717, 1.165) is 50.9 Å². The molecule has 2 aliphatic heterocycles. The summed E-state index contributed by atoms with van der Waals surface area (Å²) in [7, 11) is -3.74. The fraction of sp³-hybridized carbons (Fsp3) is 0.440. The molecule has 0 atom stereocenters. The minimum absolute atomic E-state index is 0.00883. The van der Waals surface area contributed by atoms with Crippen LogP contribution in [0.2, 0.25) is 0 Å². The monoisotopic (exact) mass is 484 g/mol. The van der Waals surface area contributed by atoms with Crippen LogP contribution >= 0.6 is 0 Å². The first-order valence-electron chi connectivity index (χ1n) is 11.9. The van der Waals surface area contributed by atoms with Gasteiger partial charge < -0.3 is 4.90 Å². The van der Waals surface area contributed by atoms with Gasteiger partial charge in [0.2, 0.25) is 10.0 Å². The van der Waals surface area contributed by atoms with Gasteiger partial charge in [0.1, 0.15) is 5.69 Å². The molecule has 4 rings (SSSR count). The van der Waals surface area contributed by atoms with E-state index >= 15 is 0 Å². The van der Waals surface area contributed by atoms with E-state index in [4.69, 9.17) is 0 Å². The molecule has 2 aliphatic rings. The van der Waals surface area contributed by atoms with Crippen molar-refractivity contribution in [3.05, 3.63) is 70.3 Å². The Morgan fingerprint density at radius 2 is 1.56 bits per heavy atom. The fourth-order valence-corrected chi connectivity index (χ4v) is 6.12. The number of rotatable bonds is 7. The summed E-state index contributed by atoms with van der Waals surface area (Å²) in [5.41, 5.74) is 1.50. The Morgan fingerprint density at radius 3 is 2.21 bits per heavy atom. The van der Waals surface area contributed by atoms with E-state index in [1.165, 1.54) is 16.4 Å². The number of nitro benzene ring substituents is 1. The van der Waals surface area contributed by atoms with Gasteiger partial charge >= 0.3 is 0 Å². The molecule has 34 heavy (non-hydrogen) atoms. The highest BCUT2D eigenvalue weighted by Gasteiger charge is 2.30. The molecule has 2 aromatic rings. The van der Waals surface area contributed by atoms with Crippen LogP contribution in [0.4, 0.5) is 11.4 Å². The van der Waals surface area contributed by atoms with Gasteiger partial charge in [-0.1, -0.05) is 55.3 Å². The minimum atomic E-state index is -3.74. The predicted octanol–water partition coefficient (Wildman–Crippen LogP) is 3.99. The molecule has 0 N–H and O–H groups in total. The number of hydrogen-bond acceptors (Lipinski definition) is 6. The highest BCUT2D eigenvalue weighted by Crippen LogP contribution is 2.33. The normalized spacial score (nSPS) is 18.8. The molecule has 9 heteroatoms. The summed E-state index contributed by atoms with van der Waals surface area (Å²) in [5.74, 6) is 0. The maximum absolute atomic E-state index is 13.1. The van der Waals surface area contributed by atoms with Crippen molar-refractivity contribution in [2.75, 3.05) is 50.7 Å². The summed E-state index contributed by atoms with van der Waals surface area (Å²) in [4.78, 5) is 15.7. The summed E-state index contributed by atoms with van der Waals surface area (Å²) < 4.78 is 27.7. The molecule has 0 amide bonds. The highest BCUT2D eigenvalue weighted by molar-refractivity contribution is 7.89. The molecular formula is C25H32N4O4S. The van der Waals surface area contributed by atoms with Crippen LogP contribution in [0, 0.1) is 10.1 Å². The third kappa shape index (κ3) is 5.84. The van der Waals surface area contributed by atoms with E-state index in [2.05, 4.69) is 29.2 Å². The zero-order valence-corrected chi connectivity index (χ0v) is 20.2. The number of hydrogen-bond donors (Lipinski definition) is 0. The molecule has 182 valence electrons. The van der Waals surface area contributed by atoms with Crippen LogP contribution < -0.4 is 4.90 Å². The Hall–Kier alpha value is -2.75. The van der Waals surface area contributed by atoms with Crippen molar-refractivity contribution in [3.63, 3.8) is 0 Å². The summed E-state index contributed by atoms with van der Waals surface area (Å²) in [6, 6.07) is 14.5. The first-order chi connectivity index (χ1) is 16.4. The van der Waals surface area contributed by atoms with Gasteiger partial charge in [-0.15, -0.1) is 0 Å². The molecule has 0 radical (unpaired) electrons. The van der Waals surface area contributed by atoms with Crippen LogP contribution in [-0.2, 0) is 10.0 Å². The van der Waals surface area contributed by atoms with Gasteiger partial charge in [0, 0.05) is 51.9 Å². The summed E-state index contributed by atoms with van der Waals surface area (Å²) in [5, 5.41) is 11.9. The molecule has 0 unspecified atom stereocenters. The zero-order chi connectivity index (χ0) is 24.0. The zero-order valence-electron chi connectivity index (χ0n) is 19.4. The average molecular weight is 485 g/mol. The number of benzene rings is 2. The van der Waals surface area contributed by atoms with E-state index in [1.54, 1.807) is 6.07 Å². The number of nitrogens with zero attached hydrogens (tertiary/aromatic N) is 4. The van der Waals surface area contributed by atoms with Gasteiger partial charge in [0.05, 0.1) is 9.82 Å². The topological polar surface area (TPSA) is 87.0 Å². The van der Waals surface area contributed by atoms with E-state index in [1.807, 2.05) is 23.1 Å². The van der Waals surface area contributed by atoms with Gasteiger partial charge in [0.15, 0.2) is 0 Å². The van der Waals surface area contributed by atoms with Crippen LogP contribution in [0.1, 0.15) is 31.2 Å². The van der Waals surface area contributed by atoms with E-state index in [0.29, 0.717) is 31.9 Å². The standard InChI is InChI=1S/C25H32N4O4S/c30-29(31)25-21-23(34(32,33)28-15-6-1-2-7-16-28)12-13-24(25)27-19-17-26(18-20-27)14-8-11-22-9-4-3-5-10-22/h3-5,8-13,21H,1-2,6-7,14-20H2/b11-8+. The molecule has 0 spiro atoms. The molecule has 0 bridgehead atoms. The van der Waals surface area contributed by atoms with Gasteiger partial charge in [-0.25, -0.2) is 8.42 Å². The smallest absolute Gasteiger partial charge is 0.293 e. The number of nitro groups is 1. The second kappa shape index (κ2) is 11.1. The highest BCUT2D eigenvalue weighted by atomic mass is 32.2. The summed E-state index contributed by atoms with van der Waals surface area (Å²) in [6.07, 6.45) is 7.91. The maximum Gasteiger partial charge on any atom is 0.293 e. The fourth-order valence-electron chi connectivity index (χ4n) is 4.58. The second-order valence-electron chi connectivity index (χ2n) is 8.83. The van der Waals surface area contributed by atoms with Gasteiger partial charge in [-0.3, -0.25) is 15.0 Å². The largest absolute Gasteiger partial charge is 0.363 e. The maximum atomic E-state index is 13.1. The summed E-state index contributed by atoms with van der Waals surface area (Å²) >= 11 is 0. The van der Waals surface area contributed by atoms with Gasteiger partial charge in [0.25, 0.3) is 5.69 Å². The third-order valence-corrected chi connectivity index (χ3v) is 8.43. The molecular weight excluding hydrogens is 452 g/mol. The molecule has 2 aromatic carbocycles. The van der Waals surface area contributed by atoms with Crippen LogP contribution in [0.3, 0.4) is 0 Å². The average Bonchev–Trinajstić information content (AvgIpc) is 3.15. The molecule has 0 aromatic heterocycles. The first kappa shape index (κ1) is 24.4. The summed E-state index contributed by atoms with van der Waals surface area (Å²) in [6.45, 7) is 4.62. The van der Waals surface area contributed by atoms with Crippen molar-refractivity contribution < 1.29 is 13.3 Å². The van der Waals surface area contributed by atoms with Crippen molar-refractivity contribution in [3.8, 4) is 0 Å². The SMILES string of the molecule is O=[N+]([O-])c1cc(S(=O)(=O)N2CCCCCC2)ccc1N1CCN(C/C=C/c2ccccc2)CC1. The van der Waals surface area contributed by atoms with Crippen molar-refractivity contribution >= 4 is 27.5 Å². The number of piperazine rings is 1. The Labute approximate surface area is 201 Å². The Balaban J connectivity index is 1.43. The Bertz CT molecular complexity index is 1100. The number of sulfonamides is 1. The van der Waals surface area contributed by atoms with Crippen molar-refractivity contribution in [1.29, 1.82) is 0 Å². The lowest BCUT2D eigenvalue weighted by atomic mass is 10.2. The van der Waals surface area contributed by atoms with Gasteiger partial charge in [-0.05, 0) is 30.5 Å². The van der Waals surface area contributed by atoms with E-state index in [9.17, 15) is 18.5 Å². The lowest BCUT2D eigenvalue weighted by Gasteiger charge is -2.35. The molecule has 0 saturated carbocycles. The molecule has 8 nitrogen and oxygen atoms in total. The lowest BCUT2D eigenvalue weighted by molar-refractivity contribution is -0.384. The predicted molar refractivity (Wildman–Crippen MR) is 134 cm³/mol. The van der Waals surface area contributed by atoms with E-state index < -0.39 is 14.9 Å². The van der Waals surface area contributed by atoms with Crippen molar-refractivity contribution in [2.45, 2.75) is 30.6 Å². The molecule has 2 heterocycles. The van der Waals surface area contributed by atoms with Crippen LogP contribution in [0.5, 0.6) is 0 Å². The first-order valence-corrected chi connectivity index (χ1v) is 13.4. The van der Waals surface area contributed by atoms with Crippen LogP contribution in [0.15, 0.2) is 59.5 Å². The third-order valence-electron chi connectivity index (χ3n) is 6.53.